The Hall–Kier alpha value is -0.340. The summed E-state index contributed by atoms with van der Waals surface area (Å²) >= 11 is 1.88. The largest absolute Gasteiger partial charge is 0.313 e. The highest BCUT2D eigenvalue weighted by Gasteiger charge is 2.29. The molecule has 0 bridgehead atoms. The third kappa shape index (κ3) is 3.60. The van der Waals surface area contributed by atoms with Crippen LogP contribution in [0.5, 0.6) is 0 Å². The van der Waals surface area contributed by atoms with Crippen LogP contribution >= 0.6 is 11.3 Å². The molecule has 2 heteroatoms. The van der Waals surface area contributed by atoms with Crippen LogP contribution in [0.1, 0.15) is 38.0 Å². The van der Waals surface area contributed by atoms with Gasteiger partial charge in [0, 0.05) is 10.9 Å². The van der Waals surface area contributed by atoms with Gasteiger partial charge >= 0.3 is 0 Å². The molecule has 1 aliphatic carbocycles. The van der Waals surface area contributed by atoms with Gasteiger partial charge in [0.15, 0.2) is 0 Å². The van der Waals surface area contributed by atoms with Gasteiger partial charge in [-0.3, -0.25) is 0 Å². The lowest BCUT2D eigenvalue weighted by molar-refractivity contribution is 0.405. The van der Waals surface area contributed by atoms with Crippen molar-refractivity contribution in [1.82, 2.24) is 5.32 Å². The van der Waals surface area contributed by atoms with Gasteiger partial charge in [-0.1, -0.05) is 19.9 Å². The fourth-order valence-corrected chi connectivity index (χ4v) is 3.21. The van der Waals surface area contributed by atoms with Gasteiger partial charge in [0.05, 0.1) is 0 Å². The fourth-order valence-electron chi connectivity index (χ4n) is 2.34. The topological polar surface area (TPSA) is 12.0 Å². The van der Waals surface area contributed by atoms with E-state index in [1.807, 2.05) is 11.3 Å². The van der Waals surface area contributed by atoms with Gasteiger partial charge in [-0.2, -0.15) is 0 Å². The molecule has 1 saturated carbocycles. The Balaban J connectivity index is 1.68. The first kappa shape index (κ1) is 12.1. The first-order valence-corrected chi connectivity index (χ1v) is 7.43. The average molecular weight is 237 g/mol. The van der Waals surface area contributed by atoms with Crippen LogP contribution in [0.3, 0.4) is 0 Å². The van der Waals surface area contributed by atoms with E-state index < -0.39 is 0 Å². The van der Waals surface area contributed by atoms with Crippen LogP contribution in [0.4, 0.5) is 0 Å². The van der Waals surface area contributed by atoms with Crippen molar-refractivity contribution in [3.05, 3.63) is 22.4 Å². The van der Waals surface area contributed by atoms with Gasteiger partial charge in [-0.05, 0) is 55.5 Å². The number of hydrogen-bond donors (Lipinski definition) is 1. The third-order valence-corrected chi connectivity index (χ3v) is 4.39. The zero-order chi connectivity index (χ0) is 11.4. The van der Waals surface area contributed by atoms with Gasteiger partial charge in [0.25, 0.3) is 0 Å². The molecule has 1 N–H and O–H groups in total. The third-order valence-electron chi connectivity index (χ3n) is 3.49. The van der Waals surface area contributed by atoms with Crippen LogP contribution in [0, 0.1) is 11.8 Å². The van der Waals surface area contributed by atoms with Gasteiger partial charge in [-0.25, -0.2) is 0 Å². The van der Waals surface area contributed by atoms with Crippen molar-refractivity contribution in [1.29, 1.82) is 0 Å². The smallest absolute Gasteiger partial charge is 0.00928 e. The summed E-state index contributed by atoms with van der Waals surface area (Å²) in [5, 5.41) is 5.92. The minimum Gasteiger partial charge on any atom is -0.313 e. The van der Waals surface area contributed by atoms with Crippen molar-refractivity contribution in [3.63, 3.8) is 0 Å². The predicted octanol–water partition coefficient (Wildman–Crippen LogP) is 3.70. The molecule has 90 valence electrons. The molecule has 1 nitrogen and oxygen atoms in total. The first-order valence-electron chi connectivity index (χ1n) is 6.55. The number of hydrogen-bond acceptors (Lipinski definition) is 2. The summed E-state index contributed by atoms with van der Waals surface area (Å²) in [6, 6.07) is 5.18. The van der Waals surface area contributed by atoms with E-state index in [9.17, 15) is 0 Å². The second kappa shape index (κ2) is 5.83. The van der Waals surface area contributed by atoms with Crippen molar-refractivity contribution in [2.24, 2.45) is 11.8 Å². The zero-order valence-electron chi connectivity index (χ0n) is 10.4. The normalized spacial score (nSPS) is 19.6. The fraction of sp³-hybridized carbons (Fsp3) is 0.714. The molecule has 1 aromatic rings. The Morgan fingerprint density at radius 3 is 2.88 bits per heavy atom. The number of thiophene rings is 1. The van der Waals surface area contributed by atoms with E-state index in [1.165, 1.54) is 37.1 Å². The molecule has 1 heterocycles. The highest BCUT2D eigenvalue weighted by Crippen LogP contribution is 2.33. The Morgan fingerprint density at radius 2 is 2.31 bits per heavy atom. The molecule has 0 radical (unpaired) electrons. The highest BCUT2D eigenvalue weighted by molar-refractivity contribution is 7.09. The van der Waals surface area contributed by atoms with E-state index in [0.717, 1.165) is 17.9 Å². The summed E-state index contributed by atoms with van der Waals surface area (Å²) in [7, 11) is 0. The maximum atomic E-state index is 3.75. The molecular weight excluding hydrogens is 214 g/mol. The molecule has 2 rings (SSSR count). The number of rotatable bonds is 7. The molecule has 16 heavy (non-hydrogen) atoms. The van der Waals surface area contributed by atoms with Gasteiger partial charge in [0.2, 0.25) is 0 Å². The van der Waals surface area contributed by atoms with Gasteiger partial charge < -0.3 is 5.32 Å². The molecule has 0 aromatic carbocycles. The van der Waals surface area contributed by atoms with Crippen LogP contribution in [-0.4, -0.2) is 12.6 Å². The second-order valence-corrected chi connectivity index (χ2v) is 6.18. The Morgan fingerprint density at radius 1 is 1.50 bits per heavy atom. The Labute approximate surface area is 103 Å². The summed E-state index contributed by atoms with van der Waals surface area (Å²) in [6.45, 7) is 5.83. The lowest BCUT2D eigenvalue weighted by Crippen LogP contribution is -2.34. The molecule has 2 atom stereocenters. The predicted molar refractivity (Wildman–Crippen MR) is 72.0 cm³/mol. The summed E-state index contributed by atoms with van der Waals surface area (Å²) < 4.78 is 0. The van der Waals surface area contributed by atoms with Crippen molar-refractivity contribution in [2.75, 3.05) is 6.54 Å². The second-order valence-electron chi connectivity index (χ2n) is 5.15. The summed E-state index contributed by atoms with van der Waals surface area (Å²) in [4.78, 5) is 1.52. The standard InChI is InChI=1S/C14H23NS/c1-3-14(12-6-7-12)15-10-11(2)9-13-5-4-8-16-13/h4-5,8,11-12,14-15H,3,6-7,9-10H2,1-2H3. The molecular formula is C14H23NS. The molecule has 1 aliphatic rings. The molecule has 0 saturated heterocycles. The van der Waals surface area contributed by atoms with Crippen molar-refractivity contribution >= 4 is 11.3 Å². The van der Waals surface area contributed by atoms with Crippen molar-refractivity contribution in [2.45, 2.75) is 45.6 Å². The van der Waals surface area contributed by atoms with E-state index in [1.54, 1.807) is 0 Å². The quantitative estimate of drug-likeness (QED) is 0.762. The Kier molecular flexibility index (Phi) is 4.42. The minimum atomic E-state index is 0.756. The van der Waals surface area contributed by atoms with E-state index in [4.69, 9.17) is 0 Å². The van der Waals surface area contributed by atoms with Crippen LogP contribution in [0.15, 0.2) is 17.5 Å². The average Bonchev–Trinajstić information content (AvgIpc) is 2.98. The SMILES string of the molecule is CCC(NCC(C)Cc1cccs1)C1CC1. The van der Waals surface area contributed by atoms with Crippen LogP contribution in [0.25, 0.3) is 0 Å². The Bertz CT molecular complexity index is 290. The zero-order valence-corrected chi connectivity index (χ0v) is 11.2. The van der Waals surface area contributed by atoms with Gasteiger partial charge in [-0.15, -0.1) is 11.3 Å². The lowest BCUT2D eigenvalue weighted by atomic mass is 10.0. The highest BCUT2D eigenvalue weighted by atomic mass is 32.1. The minimum absolute atomic E-state index is 0.756. The molecule has 0 spiro atoms. The van der Waals surface area contributed by atoms with E-state index in [-0.39, 0.29) is 0 Å². The molecule has 1 aromatic heterocycles. The summed E-state index contributed by atoms with van der Waals surface area (Å²) in [5.41, 5.74) is 0. The van der Waals surface area contributed by atoms with E-state index >= 15 is 0 Å². The summed E-state index contributed by atoms with van der Waals surface area (Å²) in [5.74, 6) is 1.74. The molecule has 1 fully saturated rings. The van der Waals surface area contributed by atoms with Gasteiger partial charge in [0.1, 0.15) is 0 Å². The van der Waals surface area contributed by atoms with Crippen molar-refractivity contribution < 1.29 is 0 Å². The first-order chi connectivity index (χ1) is 7.79. The van der Waals surface area contributed by atoms with Crippen LogP contribution in [-0.2, 0) is 6.42 Å². The lowest BCUT2D eigenvalue weighted by Gasteiger charge is -2.19. The maximum Gasteiger partial charge on any atom is 0.00928 e. The molecule has 2 unspecified atom stereocenters. The molecule has 0 amide bonds. The van der Waals surface area contributed by atoms with Crippen molar-refractivity contribution in [3.8, 4) is 0 Å². The molecule has 0 aliphatic heterocycles. The maximum absolute atomic E-state index is 3.75. The summed E-state index contributed by atoms with van der Waals surface area (Å²) in [6.07, 6.45) is 5.41. The monoisotopic (exact) mass is 237 g/mol. The van der Waals surface area contributed by atoms with Crippen LogP contribution < -0.4 is 5.32 Å². The number of nitrogens with one attached hydrogen (secondary N) is 1. The van der Waals surface area contributed by atoms with E-state index in [0.29, 0.717) is 0 Å². The van der Waals surface area contributed by atoms with E-state index in [2.05, 4.69) is 36.7 Å². The van der Waals surface area contributed by atoms with Crippen LogP contribution in [0.2, 0.25) is 0 Å².